The third-order valence-electron chi connectivity index (χ3n) is 4.52. The van der Waals surface area contributed by atoms with Gasteiger partial charge in [-0.3, -0.25) is 14.4 Å². The number of amides is 2. The zero-order valence-electron chi connectivity index (χ0n) is 16.4. The van der Waals surface area contributed by atoms with Crippen LogP contribution in [0, 0.1) is 0 Å². The maximum absolute atomic E-state index is 12.4. The summed E-state index contributed by atoms with van der Waals surface area (Å²) < 4.78 is 12.1. The minimum absolute atomic E-state index is 0.145. The Balaban J connectivity index is 1.30. The van der Waals surface area contributed by atoms with Crippen LogP contribution in [-0.4, -0.2) is 16.4 Å². The fourth-order valence-corrected chi connectivity index (χ4v) is 2.92. The van der Waals surface area contributed by atoms with E-state index in [0.717, 1.165) is 5.56 Å². The summed E-state index contributed by atoms with van der Waals surface area (Å²) >= 11 is 0. The van der Waals surface area contributed by atoms with Crippen LogP contribution >= 0.6 is 0 Å². The maximum Gasteiger partial charge on any atom is 0.291 e. The van der Waals surface area contributed by atoms with Crippen LogP contribution in [-0.2, 0) is 13.1 Å². The van der Waals surface area contributed by atoms with Gasteiger partial charge in [-0.1, -0.05) is 18.2 Å². The first kappa shape index (κ1) is 20.0. The Morgan fingerprint density at radius 2 is 1.71 bits per heavy atom. The lowest BCUT2D eigenvalue weighted by molar-refractivity contribution is 0.0920. The van der Waals surface area contributed by atoms with Crippen LogP contribution in [0.15, 0.2) is 92.8 Å². The molecular weight excluding hydrogens is 398 g/mol. The second-order valence-corrected chi connectivity index (χ2v) is 6.74. The Labute approximate surface area is 177 Å². The van der Waals surface area contributed by atoms with E-state index in [-0.39, 0.29) is 35.4 Å². The van der Waals surface area contributed by atoms with Crippen molar-refractivity contribution < 1.29 is 18.4 Å². The number of rotatable bonds is 7. The molecule has 8 nitrogen and oxygen atoms in total. The van der Waals surface area contributed by atoms with Crippen LogP contribution in [0.25, 0.3) is 0 Å². The van der Waals surface area contributed by atoms with E-state index in [0.29, 0.717) is 18.0 Å². The summed E-state index contributed by atoms with van der Waals surface area (Å²) in [7, 11) is 0. The number of hydrogen-bond donors (Lipinski definition) is 2. The summed E-state index contributed by atoms with van der Waals surface area (Å²) in [6.45, 7) is 0.539. The zero-order valence-corrected chi connectivity index (χ0v) is 16.4. The third-order valence-corrected chi connectivity index (χ3v) is 4.52. The minimum Gasteiger partial charge on any atom is -0.459 e. The average molecular weight is 417 g/mol. The van der Waals surface area contributed by atoms with Crippen molar-refractivity contribution in [2.24, 2.45) is 0 Å². The molecular formula is C23H19N3O5. The predicted molar refractivity (Wildman–Crippen MR) is 113 cm³/mol. The van der Waals surface area contributed by atoms with Crippen LogP contribution in [0.1, 0.15) is 32.4 Å². The summed E-state index contributed by atoms with van der Waals surface area (Å²) in [4.78, 5) is 36.1. The molecule has 0 aliphatic rings. The molecule has 3 aromatic heterocycles. The Morgan fingerprint density at radius 3 is 2.45 bits per heavy atom. The number of hydrogen-bond acceptors (Lipinski definition) is 5. The van der Waals surface area contributed by atoms with Crippen LogP contribution in [0.5, 0.6) is 0 Å². The number of furan rings is 2. The minimum atomic E-state index is -0.359. The van der Waals surface area contributed by atoms with E-state index in [9.17, 15) is 14.4 Å². The molecule has 0 atom stereocenters. The standard InChI is InChI=1S/C23H19N3O5/c27-21-5-1-2-12-26(21)15-18-10-11-20(31-18)22(28)24-14-16-6-8-17(9-7-16)25-23(29)19-4-3-13-30-19/h1-13H,14-15H2,(H,24,28)(H,25,29). The van der Waals surface area contributed by atoms with Gasteiger partial charge in [0.15, 0.2) is 11.5 Å². The van der Waals surface area contributed by atoms with E-state index in [1.54, 1.807) is 66.9 Å². The van der Waals surface area contributed by atoms with E-state index in [1.165, 1.54) is 16.9 Å². The molecule has 0 aliphatic carbocycles. The molecule has 0 saturated heterocycles. The van der Waals surface area contributed by atoms with E-state index in [1.807, 2.05) is 0 Å². The number of pyridine rings is 1. The van der Waals surface area contributed by atoms with Gasteiger partial charge in [0.1, 0.15) is 5.76 Å². The molecule has 0 bridgehead atoms. The fraction of sp³-hybridized carbons (Fsp3) is 0.0870. The first-order chi connectivity index (χ1) is 15.1. The predicted octanol–water partition coefficient (Wildman–Crippen LogP) is 3.26. The molecule has 0 aliphatic heterocycles. The van der Waals surface area contributed by atoms with Gasteiger partial charge in [-0.25, -0.2) is 0 Å². The van der Waals surface area contributed by atoms with Gasteiger partial charge in [0.2, 0.25) is 0 Å². The molecule has 0 saturated carbocycles. The molecule has 0 spiro atoms. The van der Waals surface area contributed by atoms with E-state index in [4.69, 9.17) is 8.83 Å². The molecule has 4 rings (SSSR count). The van der Waals surface area contributed by atoms with Crippen molar-refractivity contribution >= 4 is 17.5 Å². The second kappa shape index (κ2) is 9.00. The molecule has 3 heterocycles. The number of aromatic nitrogens is 1. The third kappa shape index (κ3) is 4.99. The summed E-state index contributed by atoms with van der Waals surface area (Å²) in [6.07, 6.45) is 3.09. The molecule has 4 aromatic rings. The van der Waals surface area contributed by atoms with Crippen molar-refractivity contribution in [3.8, 4) is 0 Å². The molecule has 2 N–H and O–H groups in total. The number of nitrogens with one attached hydrogen (secondary N) is 2. The average Bonchev–Trinajstić information content (AvgIpc) is 3.47. The molecule has 2 amide bonds. The van der Waals surface area contributed by atoms with Crippen molar-refractivity contribution in [1.82, 2.24) is 9.88 Å². The summed E-state index contributed by atoms with van der Waals surface area (Å²) in [5.41, 5.74) is 1.32. The van der Waals surface area contributed by atoms with Gasteiger partial charge in [0.25, 0.3) is 17.4 Å². The lowest BCUT2D eigenvalue weighted by Gasteiger charge is -2.06. The van der Waals surface area contributed by atoms with Crippen molar-refractivity contribution in [3.63, 3.8) is 0 Å². The van der Waals surface area contributed by atoms with E-state index >= 15 is 0 Å². The molecule has 0 radical (unpaired) electrons. The van der Waals surface area contributed by atoms with Gasteiger partial charge in [0.05, 0.1) is 12.8 Å². The highest BCUT2D eigenvalue weighted by atomic mass is 16.4. The molecule has 0 fully saturated rings. The highest BCUT2D eigenvalue weighted by molar-refractivity contribution is 6.02. The number of nitrogens with zero attached hydrogens (tertiary/aromatic N) is 1. The Morgan fingerprint density at radius 1 is 0.871 bits per heavy atom. The highest BCUT2D eigenvalue weighted by Gasteiger charge is 2.12. The fourth-order valence-electron chi connectivity index (χ4n) is 2.92. The lowest BCUT2D eigenvalue weighted by atomic mass is 10.2. The Kier molecular flexibility index (Phi) is 5.79. The number of anilines is 1. The molecule has 8 heteroatoms. The van der Waals surface area contributed by atoms with Gasteiger partial charge < -0.3 is 24.0 Å². The number of benzene rings is 1. The Hall–Kier alpha value is -4.33. The topological polar surface area (TPSA) is 106 Å². The van der Waals surface area contributed by atoms with Crippen LogP contribution < -0.4 is 16.2 Å². The van der Waals surface area contributed by atoms with E-state index < -0.39 is 0 Å². The van der Waals surface area contributed by atoms with Crippen molar-refractivity contribution in [1.29, 1.82) is 0 Å². The van der Waals surface area contributed by atoms with Crippen molar-refractivity contribution in [3.05, 3.63) is 112 Å². The molecule has 156 valence electrons. The monoisotopic (exact) mass is 417 g/mol. The second-order valence-electron chi connectivity index (χ2n) is 6.74. The van der Waals surface area contributed by atoms with Crippen LogP contribution in [0.4, 0.5) is 5.69 Å². The van der Waals surface area contributed by atoms with Gasteiger partial charge in [-0.2, -0.15) is 0 Å². The Bertz CT molecular complexity index is 1240. The first-order valence-electron chi connectivity index (χ1n) is 9.55. The van der Waals surface area contributed by atoms with Crippen molar-refractivity contribution in [2.45, 2.75) is 13.1 Å². The summed E-state index contributed by atoms with van der Waals surface area (Å²) in [5.74, 6) is 0.210. The quantitative estimate of drug-likeness (QED) is 0.480. The largest absolute Gasteiger partial charge is 0.459 e. The maximum atomic E-state index is 12.4. The van der Waals surface area contributed by atoms with E-state index in [2.05, 4.69) is 10.6 Å². The summed E-state index contributed by atoms with van der Waals surface area (Å²) in [6, 6.07) is 18.4. The van der Waals surface area contributed by atoms with Crippen molar-refractivity contribution in [2.75, 3.05) is 5.32 Å². The number of carbonyl (C=O) groups excluding carboxylic acids is 2. The van der Waals surface area contributed by atoms with Crippen LogP contribution in [0.3, 0.4) is 0 Å². The smallest absolute Gasteiger partial charge is 0.291 e. The molecule has 0 unspecified atom stereocenters. The molecule has 31 heavy (non-hydrogen) atoms. The first-order valence-corrected chi connectivity index (χ1v) is 9.55. The van der Waals surface area contributed by atoms with Gasteiger partial charge >= 0.3 is 0 Å². The number of carbonyl (C=O) groups is 2. The van der Waals surface area contributed by atoms with Crippen LogP contribution in [0.2, 0.25) is 0 Å². The lowest BCUT2D eigenvalue weighted by Crippen LogP contribution is -2.22. The van der Waals surface area contributed by atoms with Gasteiger partial charge in [-0.05, 0) is 48.0 Å². The normalized spacial score (nSPS) is 10.6. The molecule has 1 aromatic carbocycles. The van der Waals surface area contributed by atoms with Gasteiger partial charge in [-0.15, -0.1) is 0 Å². The zero-order chi connectivity index (χ0) is 21.6. The van der Waals surface area contributed by atoms with Gasteiger partial charge in [0, 0.05) is 24.5 Å². The summed E-state index contributed by atoms with van der Waals surface area (Å²) in [5, 5.41) is 5.51. The highest BCUT2D eigenvalue weighted by Crippen LogP contribution is 2.13. The SMILES string of the molecule is O=C(Nc1ccc(CNC(=O)c2ccc(Cn3ccccc3=O)o2)cc1)c1ccco1.